The Balaban J connectivity index is 1.53. The van der Waals surface area contributed by atoms with Crippen LogP contribution in [0.4, 0.5) is 4.79 Å². The number of carbonyl (C=O) groups excluding carboxylic acids is 2. The lowest BCUT2D eigenvalue weighted by Crippen LogP contribution is -2.27. The number of rotatable bonds is 4. The zero-order chi connectivity index (χ0) is 18.1. The van der Waals surface area contributed by atoms with E-state index in [4.69, 9.17) is 16.0 Å². The summed E-state index contributed by atoms with van der Waals surface area (Å²) >= 11 is 8.42. The summed E-state index contributed by atoms with van der Waals surface area (Å²) < 4.78 is 5.46. The van der Waals surface area contributed by atoms with E-state index in [0.717, 1.165) is 22.2 Å². The van der Waals surface area contributed by atoms with E-state index in [0.29, 0.717) is 21.5 Å². The molecule has 1 aromatic carbocycles. The van der Waals surface area contributed by atoms with Crippen molar-refractivity contribution in [2.45, 2.75) is 6.54 Å². The van der Waals surface area contributed by atoms with Gasteiger partial charge in [0.15, 0.2) is 0 Å². The van der Waals surface area contributed by atoms with Gasteiger partial charge in [-0.2, -0.15) is 0 Å². The summed E-state index contributed by atoms with van der Waals surface area (Å²) in [4.78, 5) is 31.6. The Morgan fingerprint density at radius 1 is 1.23 bits per heavy atom. The third-order valence-electron chi connectivity index (χ3n) is 3.63. The number of thiophene rings is 1. The number of halogens is 1. The van der Waals surface area contributed by atoms with Gasteiger partial charge in [-0.15, -0.1) is 11.3 Å². The average Bonchev–Trinajstić information content (AvgIpc) is 3.34. The van der Waals surface area contributed by atoms with E-state index in [-0.39, 0.29) is 17.7 Å². The van der Waals surface area contributed by atoms with Crippen molar-refractivity contribution < 1.29 is 14.0 Å². The number of carbonyl (C=O) groups is 2. The molecular weight excluding hydrogens is 392 g/mol. The van der Waals surface area contributed by atoms with Crippen LogP contribution in [0.3, 0.4) is 0 Å². The van der Waals surface area contributed by atoms with E-state index in [1.54, 1.807) is 24.3 Å². The Morgan fingerprint density at radius 2 is 2.12 bits per heavy atom. The maximum Gasteiger partial charge on any atom is 0.293 e. The van der Waals surface area contributed by atoms with E-state index in [1.807, 2.05) is 23.6 Å². The number of benzene rings is 1. The van der Waals surface area contributed by atoms with E-state index >= 15 is 0 Å². The number of nitrogens with zero attached hydrogens (tertiary/aromatic N) is 2. The number of thioether (sulfide) groups is 1. The molecule has 1 aliphatic rings. The van der Waals surface area contributed by atoms with Gasteiger partial charge in [-0.1, -0.05) is 23.7 Å². The van der Waals surface area contributed by atoms with Gasteiger partial charge in [-0.3, -0.25) is 14.5 Å². The van der Waals surface area contributed by atoms with Gasteiger partial charge in [-0.05, 0) is 47.5 Å². The molecule has 0 bridgehead atoms. The number of aromatic nitrogens is 1. The van der Waals surface area contributed by atoms with Crippen molar-refractivity contribution in [1.29, 1.82) is 0 Å². The lowest BCUT2D eigenvalue weighted by molar-refractivity contribution is -0.123. The topological polar surface area (TPSA) is 63.4 Å². The Labute approximate surface area is 162 Å². The fourth-order valence-corrected chi connectivity index (χ4v) is 4.19. The third kappa shape index (κ3) is 3.46. The molecule has 0 radical (unpaired) electrons. The maximum atomic E-state index is 12.5. The van der Waals surface area contributed by atoms with Crippen LogP contribution in [0.2, 0.25) is 5.02 Å². The first-order valence-corrected chi connectivity index (χ1v) is 9.67. The van der Waals surface area contributed by atoms with Crippen LogP contribution in [0.1, 0.15) is 10.6 Å². The van der Waals surface area contributed by atoms with Crippen molar-refractivity contribution in [2.24, 2.45) is 0 Å². The Bertz CT molecular complexity index is 1010. The van der Waals surface area contributed by atoms with E-state index in [1.165, 1.54) is 22.5 Å². The van der Waals surface area contributed by atoms with Crippen LogP contribution in [-0.2, 0) is 11.3 Å². The van der Waals surface area contributed by atoms with Crippen LogP contribution < -0.4 is 0 Å². The highest BCUT2D eigenvalue weighted by Crippen LogP contribution is 2.34. The molecule has 3 heterocycles. The molecule has 4 rings (SSSR count). The quantitative estimate of drug-likeness (QED) is 0.554. The van der Waals surface area contributed by atoms with Crippen LogP contribution in [0.15, 0.2) is 57.4 Å². The van der Waals surface area contributed by atoms with Gasteiger partial charge in [0.05, 0.1) is 17.1 Å². The maximum absolute atomic E-state index is 12.5. The fraction of sp³-hybridized carbons (Fsp3) is 0.0556. The Morgan fingerprint density at radius 3 is 2.88 bits per heavy atom. The van der Waals surface area contributed by atoms with Crippen LogP contribution in [0.5, 0.6) is 0 Å². The molecule has 0 N–H and O–H groups in total. The molecule has 0 atom stereocenters. The summed E-state index contributed by atoms with van der Waals surface area (Å²) in [5, 5.41) is 2.18. The highest BCUT2D eigenvalue weighted by atomic mass is 35.5. The third-order valence-corrected chi connectivity index (χ3v) is 5.60. The first kappa shape index (κ1) is 17.1. The number of imide groups is 1. The van der Waals surface area contributed by atoms with Crippen LogP contribution in [0, 0.1) is 0 Å². The number of hydrogen-bond acceptors (Lipinski definition) is 6. The number of hydrogen-bond donors (Lipinski definition) is 0. The zero-order valence-corrected chi connectivity index (χ0v) is 15.6. The van der Waals surface area contributed by atoms with Gasteiger partial charge in [-0.25, -0.2) is 4.98 Å². The SMILES string of the molecule is O=C1S/C(=C\c2cccs2)C(=O)N1Cc1coc(-c2cccc(Cl)c2)n1. The lowest BCUT2D eigenvalue weighted by Gasteiger charge is -2.09. The van der Waals surface area contributed by atoms with Gasteiger partial charge in [0.25, 0.3) is 11.1 Å². The summed E-state index contributed by atoms with van der Waals surface area (Å²) in [6, 6.07) is 10.9. The predicted molar refractivity (Wildman–Crippen MR) is 103 cm³/mol. The van der Waals surface area contributed by atoms with Crippen molar-refractivity contribution in [1.82, 2.24) is 9.88 Å². The summed E-state index contributed by atoms with van der Waals surface area (Å²) in [6.07, 6.45) is 3.18. The average molecular weight is 403 g/mol. The van der Waals surface area contributed by atoms with Crippen LogP contribution in [-0.4, -0.2) is 21.0 Å². The van der Waals surface area contributed by atoms with Crippen LogP contribution in [0.25, 0.3) is 17.5 Å². The minimum absolute atomic E-state index is 0.0660. The molecule has 5 nitrogen and oxygen atoms in total. The molecule has 0 saturated carbocycles. The van der Waals surface area contributed by atoms with Gasteiger partial charge in [0, 0.05) is 15.5 Å². The second-order valence-corrected chi connectivity index (χ2v) is 7.85. The Kier molecular flexibility index (Phi) is 4.67. The minimum Gasteiger partial charge on any atom is -0.444 e. The standard InChI is InChI=1S/C18H11ClN2O3S2/c19-12-4-1-3-11(7-12)16-20-13(10-24-16)9-21-17(22)15(26-18(21)23)8-14-5-2-6-25-14/h1-8,10H,9H2/b15-8-. The molecule has 2 aromatic heterocycles. The van der Waals surface area contributed by atoms with Crippen molar-refractivity contribution in [3.63, 3.8) is 0 Å². The van der Waals surface area contributed by atoms with Crippen molar-refractivity contribution in [3.8, 4) is 11.5 Å². The normalized spacial score (nSPS) is 16.0. The second-order valence-electron chi connectivity index (χ2n) is 5.44. The fourth-order valence-electron chi connectivity index (χ4n) is 2.43. The number of amides is 2. The largest absolute Gasteiger partial charge is 0.444 e. The van der Waals surface area contributed by atoms with Gasteiger partial charge in [0.1, 0.15) is 6.26 Å². The first-order valence-electron chi connectivity index (χ1n) is 7.59. The summed E-state index contributed by atoms with van der Waals surface area (Å²) in [7, 11) is 0. The predicted octanol–water partition coefficient (Wildman–Crippen LogP) is 5.29. The summed E-state index contributed by atoms with van der Waals surface area (Å²) in [5.41, 5.74) is 1.23. The minimum atomic E-state index is -0.319. The molecule has 8 heteroatoms. The van der Waals surface area contributed by atoms with Gasteiger partial charge < -0.3 is 4.42 Å². The second kappa shape index (κ2) is 7.11. The molecule has 26 heavy (non-hydrogen) atoms. The molecule has 1 fully saturated rings. The van der Waals surface area contributed by atoms with Crippen molar-refractivity contribution in [2.75, 3.05) is 0 Å². The molecule has 3 aromatic rings. The van der Waals surface area contributed by atoms with Crippen LogP contribution >= 0.6 is 34.7 Å². The zero-order valence-electron chi connectivity index (χ0n) is 13.2. The molecule has 1 aliphatic heterocycles. The smallest absolute Gasteiger partial charge is 0.293 e. The molecular formula is C18H11ClN2O3S2. The molecule has 1 saturated heterocycles. The molecule has 0 unspecified atom stereocenters. The highest BCUT2D eigenvalue weighted by Gasteiger charge is 2.35. The van der Waals surface area contributed by atoms with Gasteiger partial charge in [0.2, 0.25) is 5.89 Å². The molecule has 130 valence electrons. The molecule has 0 aliphatic carbocycles. The Hall–Kier alpha value is -2.35. The molecule has 2 amide bonds. The number of oxazole rings is 1. The van der Waals surface area contributed by atoms with Crippen molar-refractivity contribution >= 4 is 51.9 Å². The lowest BCUT2D eigenvalue weighted by atomic mass is 10.2. The first-order chi connectivity index (χ1) is 12.6. The monoisotopic (exact) mass is 402 g/mol. The van der Waals surface area contributed by atoms with E-state index in [9.17, 15) is 9.59 Å². The van der Waals surface area contributed by atoms with Gasteiger partial charge >= 0.3 is 0 Å². The highest BCUT2D eigenvalue weighted by molar-refractivity contribution is 8.18. The summed E-state index contributed by atoms with van der Waals surface area (Å²) in [5.74, 6) is 0.0734. The van der Waals surface area contributed by atoms with E-state index < -0.39 is 0 Å². The van der Waals surface area contributed by atoms with E-state index in [2.05, 4.69) is 4.98 Å². The summed E-state index contributed by atoms with van der Waals surface area (Å²) in [6.45, 7) is 0.0660. The van der Waals surface area contributed by atoms with Crippen molar-refractivity contribution in [3.05, 3.63) is 68.5 Å². The molecule has 0 spiro atoms.